The summed E-state index contributed by atoms with van der Waals surface area (Å²) in [5, 5.41) is 0. The Morgan fingerprint density at radius 2 is 1.48 bits per heavy atom. The van der Waals surface area contributed by atoms with Crippen LogP contribution in [0.3, 0.4) is 0 Å². The number of nitrogens with zero attached hydrogens (tertiary/aromatic N) is 3. The van der Waals surface area contributed by atoms with E-state index in [0.29, 0.717) is 37.3 Å². The predicted octanol–water partition coefficient (Wildman–Crippen LogP) is 2.74. The Kier molecular flexibility index (Phi) is 5.48. The summed E-state index contributed by atoms with van der Waals surface area (Å²) in [5.74, 6) is 0.0842. The van der Waals surface area contributed by atoms with Crippen LogP contribution in [0.4, 0.5) is 0 Å². The first-order valence-electron chi connectivity index (χ1n) is 8.43. The molecule has 1 aliphatic rings. The van der Waals surface area contributed by atoms with E-state index in [1.165, 1.54) is 0 Å². The molecule has 1 saturated heterocycles. The molecule has 1 aromatic carbocycles. The number of rotatable bonds is 3. The van der Waals surface area contributed by atoms with E-state index >= 15 is 0 Å². The average molecular weight is 357 g/mol. The molecule has 0 spiro atoms. The lowest BCUT2D eigenvalue weighted by molar-refractivity contribution is 0.0718. The normalized spacial score (nSPS) is 15.1. The minimum Gasteiger partial charge on any atom is -0.356 e. The highest BCUT2D eigenvalue weighted by atomic mass is 32.2. The highest BCUT2D eigenvalue weighted by molar-refractivity contribution is 7.98. The number of benzene rings is 1. The van der Waals surface area contributed by atoms with Gasteiger partial charge in [-0.15, -0.1) is 11.8 Å². The van der Waals surface area contributed by atoms with Crippen LogP contribution in [0.15, 0.2) is 47.6 Å². The molecule has 0 aliphatic carbocycles. The van der Waals surface area contributed by atoms with Crippen LogP contribution in [0.25, 0.3) is 0 Å². The van der Waals surface area contributed by atoms with Gasteiger partial charge >= 0.3 is 0 Å². The maximum Gasteiger partial charge on any atom is 0.255 e. The van der Waals surface area contributed by atoms with Gasteiger partial charge in [0.2, 0.25) is 0 Å². The van der Waals surface area contributed by atoms with Crippen molar-refractivity contribution in [3.8, 4) is 0 Å². The van der Waals surface area contributed by atoms with E-state index in [-0.39, 0.29) is 11.8 Å². The number of amides is 2. The van der Waals surface area contributed by atoms with Gasteiger partial charge in [0, 0.05) is 56.1 Å². The molecule has 2 amide bonds. The van der Waals surface area contributed by atoms with E-state index in [4.69, 9.17) is 0 Å². The smallest absolute Gasteiger partial charge is 0.255 e. The maximum atomic E-state index is 12.7. The van der Waals surface area contributed by atoms with Crippen LogP contribution < -0.4 is 0 Å². The van der Waals surface area contributed by atoms with Gasteiger partial charge in [0.1, 0.15) is 0 Å². The molecule has 2 heterocycles. The van der Waals surface area contributed by atoms with Gasteiger partial charge in [0.05, 0.1) is 5.56 Å². The molecular formula is C19H23N3O2S. The molecule has 1 aromatic heterocycles. The van der Waals surface area contributed by atoms with Crippen LogP contribution in [0, 0.1) is 0 Å². The first-order chi connectivity index (χ1) is 12.1. The molecule has 0 atom stereocenters. The van der Waals surface area contributed by atoms with Crippen molar-refractivity contribution >= 4 is 23.6 Å². The van der Waals surface area contributed by atoms with Crippen molar-refractivity contribution in [1.29, 1.82) is 0 Å². The minimum absolute atomic E-state index is 0.0409. The first kappa shape index (κ1) is 17.6. The lowest BCUT2D eigenvalue weighted by Gasteiger charge is -2.22. The molecule has 1 fully saturated rings. The van der Waals surface area contributed by atoms with Crippen LogP contribution >= 0.6 is 11.8 Å². The molecule has 6 heteroatoms. The monoisotopic (exact) mass is 357 g/mol. The third-order valence-corrected chi connectivity index (χ3v) is 5.23. The van der Waals surface area contributed by atoms with Gasteiger partial charge in [-0.2, -0.15) is 0 Å². The fraction of sp³-hybridized carbons (Fsp3) is 0.368. The number of hydrogen-bond donors (Lipinski definition) is 0. The second kappa shape index (κ2) is 7.78. The fourth-order valence-electron chi connectivity index (χ4n) is 3.05. The summed E-state index contributed by atoms with van der Waals surface area (Å²) in [6.07, 6.45) is 6.53. The lowest BCUT2D eigenvalue weighted by Crippen LogP contribution is -2.37. The van der Waals surface area contributed by atoms with E-state index in [1.54, 1.807) is 11.8 Å². The Balaban J connectivity index is 1.64. The maximum absolute atomic E-state index is 12.7. The average Bonchev–Trinajstić information content (AvgIpc) is 2.93. The molecule has 2 aromatic rings. The van der Waals surface area contributed by atoms with E-state index in [1.807, 2.05) is 70.4 Å². The Morgan fingerprint density at radius 1 is 0.880 bits per heavy atom. The zero-order chi connectivity index (χ0) is 17.8. The summed E-state index contributed by atoms with van der Waals surface area (Å²) < 4.78 is 1.87. The Labute approximate surface area is 152 Å². The van der Waals surface area contributed by atoms with Gasteiger partial charge in [0.15, 0.2) is 0 Å². The van der Waals surface area contributed by atoms with Gasteiger partial charge in [-0.25, -0.2) is 0 Å². The van der Waals surface area contributed by atoms with E-state index in [0.717, 1.165) is 11.3 Å². The number of aromatic nitrogens is 1. The van der Waals surface area contributed by atoms with Crippen LogP contribution in [-0.4, -0.2) is 58.6 Å². The number of aryl methyl sites for hydroxylation is 1. The van der Waals surface area contributed by atoms with Crippen molar-refractivity contribution in [3.63, 3.8) is 0 Å². The van der Waals surface area contributed by atoms with Crippen LogP contribution in [0.1, 0.15) is 27.1 Å². The van der Waals surface area contributed by atoms with Crippen LogP contribution in [0.2, 0.25) is 0 Å². The number of carbonyl (C=O) groups is 2. The molecular weight excluding hydrogens is 334 g/mol. The lowest BCUT2D eigenvalue weighted by atomic mass is 10.2. The Morgan fingerprint density at radius 3 is 2.00 bits per heavy atom. The minimum atomic E-state index is 0.0409. The highest BCUT2D eigenvalue weighted by Gasteiger charge is 2.23. The van der Waals surface area contributed by atoms with E-state index in [2.05, 4.69) is 0 Å². The second-order valence-corrected chi connectivity index (χ2v) is 7.11. The fourth-order valence-corrected chi connectivity index (χ4v) is 3.46. The molecule has 0 N–H and O–H groups in total. The summed E-state index contributed by atoms with van der Waals surface area (Å²) in [6, 6.07) is 9.54. The van der Waals surface area contributed by atoms with E-state index < -0.39 is 0 Å². The highest BCUT2D eigenvalue weighted by Crippen LogP contribution is 2.17. The van der Waals surface area contributed by atoms with Crippen molar-refractivity contribution < 1.29 is 9.59 Å². The van der Waals surface area contributed by atoms with Crippen molar-refractivity contribution in [1.82, 2.24) is 14.4 Å². The van der Waals surface area contributed by atoms with Gasteiger partial charge in [-0.3, -0.25) is 9.59 Å². The molecule has 5 nitrogen and oxygen atoms in total. The van der Waals surface area contributed by atoms with E-state index in [9.17, 15) is 9.59 Å². The Hall–Kier alpha value is -2.21. The van der Waals surface area contributed by atoms with Crippen molar-refractivity contribution in [2.24, 2.45) is 7.05 Å². The molecule has 0 radical (unpaired) electrons. The third kappa shape index (κ3) is 4.07. The van der Waals surface area contributed by atoms with Crippen molar-refractivity contribution in [2.45, 2.75) is 11.3 Å². The molecule has 0 saturated carbocycles. The quantitative estimate of drug-likeness (QED) is 0.794. The second-order valence-electron chi connectivity index (χ2n) is 6.23. The molecule has 3 rings (SSSR count). The van der Waals surface area contributed by atoms with Crippen LogP contribution in [0.5, 0.6) is 0 Å². The predicted molar refractivity (Wildman–Crippen MR) is 100 cm³/mol. The number of thioether (sulfide) groups is 1. The molecule has 0 bridgehead atoms. The van der Waals surface area contributed by atoms with Gasteiger partial charge in [0.25, 0.3) is 11.8 Å². The summed E-state index contributed by atoms with van der Waals surface area (Å²) in [5.41, 5.74) is 1.41. The van der Waals surface area contributed by atoms with Crippen molar-refractivity contribution in [3.05, 3.63) is 53.9 Å². The molecule has 25 heavy (non-hydrogen) atoms. The Bertz CT molecular complexity index is 754. The summed E-state index contributed by atoms with van der Waals surface area (Å²) in [6.45, 7) is 2.51. The summed E-state index contributed by atoms with van der Waals surface area (Å²) in [7, 11) is 1.90. The summed E-state index contributed by atoms with van der Waals surface area (Å²) >= 11 is 1.66. The summed E-state index contributed by atoms with van der Waals surface area (Å²) in [4.78, 5) is 30.1. The first-order valence-corrected chi connectivity index (χ1v) is 9.65. The topological polar surface area (TPSA) is 45.6 Å². The molecule has 0 unspecified atom stereocenters. The number of hydrogen-bond acceptors (Lipinski definition) is 3. The van der Waals surface area contributed by atoms with Gasteiger partial charge < -0.3 is 14.4 Å². The number of carbonyl (C=O) groups excluding carboxylic acids is 2. The van der Waals surface area contributed by atoms with Gasteiger partial charge in [-0.1, -0.05) is 0 Å². The zero-order valence-corrected chi connectivity index (χ0v) is 15.5. The van der Waals surface area contributed by atoms with Gasteiger partial charge in [-0.05, 0) is 43.0 Å². The third-order valence-electron chi connectivity index (χ3n) is 4.49. The van der Waals surface area contributed by atoms with Crippen LogP contribution in [-0.2, 0) is 7.05 Å². The standard InChI is InChI=1S/C19H23N3O2S/c1-20-11-8-16(14-20)19(24)22-10-3-9-21(12-13-22)18(23)15-4-6-17(25-2)7-5-15/h4-8,11,14H,3,9-10,12-13H2,1-2H3. The molecule has 1 aliphatic heterocycles. The zero-order valence-electron chi connectivity index (χ0n) is 14.6. The molecule has 132 valence electrons. The largest absolute Gasteiger partial charge is 0.356 e. The van der Waals surface area contributed by atoms with Crippen molar-refractivity contribution in [2.75, 3.05) is 32.4 Å². The SMILES string of the molecule is CSc1ccc(C(=O)N2CCCN(C(=O)c3ccn(C)c3)CC2)cc1.